The quantitative estimate of drug-likeness (QED) is 0.548. The van der Waals surface area contributed by atoms with Gasteiger partial charge in [-0.2, -0.15) is 0 Å². The molecule has 1 aliphatic rings. The first kappa shape index (κ1) is 9.92. The molecule has 3 N–H and O–H groups in total. The second-order valence-corrected chi connectivity index (χ2v) is 3.49. The van der Waals surface area contributed by atoms with Gasteiger partial charge in [-0.3, -0.25) is 4.90 Å². The molecular formula is C8H19N3O. The Morgan fingerprint density at radius 2 is 1.92 bits per heavy atom. The predicted octanol–water partition coefficient (Wildman–Crippen LogP) is -1.45. The molecule has 1 atom stereocenters. The van der Waals surface area contributed by atoms with Gasteiger partial charge in [-0.1, -0.05) is 0 Å². The molecule has 0 spiro atoms. The highest BCUT2D eigenvalue weighted by Gasteiger charge is 2.15. The van der Waals surface area contributed by atoms with E-state index in [-0.39, 0.29) is 6.10 Å². The molecule has 1 unspecified atom stereocenters. The van der Waals surface area contributed by atoms with Gasteiger partial charge in [0, 0.05) is 39.3 Å². The molecule has 1 fully saturated rings. The molecule has 1 aliphatic heterocycles. The van der Waals surface area contributed by atoms with E-state index in [4.69, 9.17) is 5.73 Å². The lowest BCUT2D eigenvalue weighted by atomic mass is 10.3. The third kappa shape index (κ3) is 3.06. The minimum absolute atomic E-state index is 0.353. The van der Waals surface area contributed by atoms with Crippen molar-refractivity contribution in [1.82, 2.24) is 9.80 Å². The number of hydrogen-bond acceptors (Lipinski definition) is 4. The van der Waals surface area contributed by atoms with Crippen molar-refractivity contribution in [3.63, 3.8) is 0 Å². The van der Waals surface area contributed by atoms with E-state index in [2.05, 4.69) is 16.8 Å². The van der Waals surface area contributed by atoms with Crippen LogP contribution in [0.2, 0.25) is 0 Å². The van der Waals surface area contributed by atoms with E-state index < -0.39 is 0 Å². The first-order chi connectivity index (χ1) is 5.72. The van der Waals surface area contributed by atoms with Crippen LogP contribution in [-0.4, -0.2) is 67.3 Å². The fourth-order valence-corrected chi connectivity index (χ4v) is 1.40. The summed E-state index contributed by atoms with van der Waals surface area (Å²) >= 11 is 0. The molecule has 1 heterocycles. The highest BCUT2D eigenvalue weighted by Crippen LogP contribution is 1.99. The number of β-amino-alcohol motifs (C(OH)–C–C–N with tert-alkyl or cyclic N) is 1. The Bertz CT molecular complexity index is 123. The van der Waals surface area contributed by atoms with Crippen molar-refractivity contribution in [3.8, 4) is 0 Å². The third-order valence-corrected chi connectivity index (χ3v) is 2.34. The molecule has 0 aromatic rings. The maximum Gasteiger partial charge on any atom is 0.0789 e. The van der Waals surface area contributed by atoms with Crippen molar-refractivity contribution >= 4 is 0 Å². The number of hydrogen-bond donors (Lipinski definition) is 2. The summed E-state index contributed by atoms with van der Waals surface area (Å²) in [6.07, 6.45) is -0.353. The van der Waals surface area contributed by atoms with Gasteiger partial charge < -0.3 is 15.7 Å². The standard InChI is InChI=1S/C8H19N3O/c1-10-2-4-11(5-3-10)7-8(12)6-9/h8,12H,2-7,9H2,1H3. The summed E-state index contributed by atoms with van der Waals surface area (Å²) in [6.45, 7) is 5.38. The molecule has 0 saturated carbocycles. The van der Waals surface area contributed by atoms with E-state index in [0.717, 1.165) is 32.7 Å². The normalized spacial score (nSPS) is 24.2. The first-order valence-electron chi connectivity index (χ1n) is 4.51. The number of likely N-dealkylation sites (N-methyl/N-ethyl adjacent to an activating group) is 1. The zero-order chi connectivity index (χ0) is 8.97. The van der Waals surface area contributed by atoms with Crippen LogP contribution < -0.4 is 5.73 Å². The van der Waals surface area contributed by atoms with Crippen LogP contribution >= 0.6 is 0 Å². The number of nitrogens with two attached hydrogens (primary N) is 1. The SMILES string of the molecule is CN1CCN(CC(O)CN)CC1. The van der Waals surface area contributed by atoms with Gasteiger partial charge in [-0.05, 0) is 7.05 Å². The fraction of sp³-hybridized carbons (Fsp3) is 1.00. The summed E-state index contributed by atoms with van der Waals surface area (Å²) in [7, 11) is 2.12. The van der Waals surface area contributed by atoms with E-state index in [1.165, 1.54) is 0 Å². The van der Waals surface area contributed by atoms with Crippen LogP contribution in [0.15, 0.2) is 0 Å². The van der Waals surface area contributed by atoms with Crippen LogP contribution in [0.3, 0.4) is 0 Å². The highest BCUT2D eigenvalue weighted by atomic mass is 16.3. The van der Waals surface area contributed by atoms with E-state index in [1.54, 1.807) is 0 Å². The summed E-state index contributed by atoms with van der Waals surface area (Å²) in [5, 5.41) is 9.30. The first-order valence-corrected chi connectivity index (χ1v) is 4.51. The Hall–Kier alpha value is -0.160. The predicted molar refractivity (Wildman–Crippen MR) is 49.0 cm³/mol. The Kier molecular flexibility index (Phi) is 3.94. The minimum atomic E-state index is -0.353. The smallest absolute Gasteiger partial charge is 0.0789 e. The van der Waals surface area contributed by atoms with Crippen molar-refractivity contribution < 1.29 is 5.11 Å². The van der Waals surface area contributed by atoms with Crippen molar-refractivity contribution in [2.24, 2.45) is 5.73 Å². The van der Waals surface area contributed by atoms with Crippen molar-refractivity contribution in [3.05, 3.63) is 0 Å². The fourth-order valence-electron chi connectivity index (χ4n) is 1.40. The molecule has 12 heavy (non-hydrogen) atoms. The van der Waals surface area contributed by atoms with Crippen LogP contribution in [0, 0.1) is 0 Å². The molecule has 0 amide bonds. The molecule has 0 bridgehead atoms. The van der Waals surface area contributed by atoms with Gasteiger partial charge in [0.1, 0.15) is 0 Å². The molecule has 0 aliphatic carbocycles. The molecule has 0 aromatic carbocycles. The van der Waals surface area contributed by atoms with Gasteiger partial charge in [0.2, 0.25) is 0 Å². The van der Waals surface area contributed by atoms with Crippen LogP contribution in [0.4, 0.5) is 0 Å². The summed E-state index contributed by atoms with van der Waals surface area (Å²) in [4.78, 5) is 4.56. The summed E-state index contributed by atoms with van der Waals surface area (Å²) in [5.74, 6) is 0. The molecule has 72 valence electrons. The third-order valence-electron chi connectivity index (χ3n) is 2.34. The van der Waals surface area contributed by atoms with E-state index in [1.807, 2.05) is 0 Å². The van der Waals surface area contributed by atoms with Crippen molar-refractivity contribution in [2.45, 2.75) is 6.10 Å². The highest BCUT2D eigenvalue weighted by molar-refractivity contribution is 4.72. The average molecular weight is 173 g/mol. The lowest BCUT2D eigenvalue weighted by Crippen LogP contribution is -2.48. The number of aliphatic hydroxyl groups is 1. The van der Waals surface area contributed by atoms with Crippen LogP contribution in [0.1, 0.15) is 0 Å². The molecule has 4 nitrogen and oxygen atoms in total. The second kappa shape index (κ2) is 4.77. The molecule has 1 saturated heterocycles. The maximum atomic E-state index is 9.30. The number of aliphatic hydroxyl groups excluding tert-OH is 1. The molecule has 0 aromatic heterocycles. The Morgan fingerprint density at radius 3 is 2.42 bits per heavy atom. The van der Waals surface area contributed by atoms with Gasteiger partial charge in [0.25, 0.3) is 0 Å². The van der Waals surface area contributed by atoms with E-state index in [9.17, 15) is 5.11 Å². The summed E-state index contributed by atoms with van der Waals surface area (Å²) in [6, 6.07) is 0. The molecular weight excluding hydrogens is 154 g/mol. The Balaban J connectivity index is 2.17. The molecule has 0 radical (unpaired) electrons. The monoisotopic (exact) mass is 173 g/mol. The van der Waals surface area contributed by atoms with Crippen LogP contribution in [0.5, 0.6) is 0 Å². The van der Waals surface area contributed by atoms with Gasteiger partial charge in [0.05, 0.1) is 6.10 Å². The van der Waals surface area contributed by atoms with Gasteiger partial charge in [0.15, 0.2) is 0 Å². The van der Waals surface area contributed by atoms with Crippen molar-refractivity contribution in [2.75, 3.05) is 46.3 Å². The van der Waals surface area contributed by atoms with Crippen LogP contribution in [0.25, 0.3) is 0 Å². The minimum Gasteiger partial charge on any atom is -0.390 e. The van der Waals surface area contributed by atoms with Gasteiger partial charge >= 0.3 is 0 Å². The second-order valence-electron chi connectivity index (χ2n) is 3.49. The van der Waals surface area contributed by atoms with E-state index >= 15 is 0 Å². The topological polar surface area (TPSA) is 52.7 Å². The zero-order valence-electron chi connectivity index (χ0n) is 7.74. The summed E-state index contributed by atoms with van der Waals surface area (Å²) in [5.41, 5.74) is 5.33. The van der Waals surface area contributed by atoms with Gasteiger partial charge in [-0.15, -0.1) is 0 Å². The van der Waals surface area contributed by atoms with Gasteiger partial charge in [-0.25, -0.2) is 0 Å². The largest absolute Gasteiger partial charge is 0.390 e. The van der Waals surface area contributed by atoms with E-state index in [0.29, 0.717) is 6.54 Å². The molecule has 4 heteroatoms. The average Bonchev–Trinajstić information content (AvgIpc) is 2.09. The zero-order valence-corrected chi connectivity index (χ0v) is 7.74. The molecule has 1 rings (SSSR count). The summed E-state index contributed by atoms with van der Waals surface area (Å²) < 4.78 is 0. The lowest BCUT2D eigenvalue weighted by molar-refractivity contribution is 0.0848. The Morgan fingerprint density at radius 1 is 1.33 bits per heavy atom. The lowest BCUT2D eigenvalue weighted by Gasteiger charge is -2.33. The number of rotatable bonds is 3. The van der Waals surface area contributed by atoms with Crippen molar-refractivity contribution in [1.29, 1.82) is 0 Å². The van der Waals surface area contributed by atoms with Crippen LogP contribution in [-0.2, 0) is 0 Å². The number of piperazine rings is 1. The number of nitrogens with zero attached hydrogens (tertiary/aromatic N) is 2. The Labute approximate surface area is 73.9 Å². The maximum absolute atomic E-state index is 9.30.